The summed E-state index contributed by atoms with van der Waals surface area (Å²) in [4.78, 5) is 33.2. The molecule has 2 bridgehead atoms. The van der Waals surface area contributed by atoms with Gasteiger partial charge in [-0.05, 0) is 44.1 Å². The minimum atomic E-state index is -1.82. The Morgan fingerprint density at radius 2 is 1.81 bits per heavy atom. The van der Waals surface area contributed by atoms with Crippen molar-refractivity contribution >= 4 is 23.7 Å². The first kappa shape index (κ1) is 26.4. The number of hydrogen-bond acceptors (Lipinski definition) is 7. The molecule has 12 heteroatoms. The maximum Gasteiger partial charge on any atom is 0.414 e. The average molecular weight is 523 g/mol. The second-order valence-corrected chi connectivity index (χ2v) is 10.4. The number of aromatic nitrogens is 3. The van der Waals surface area contributed by atoms with E-state index in [0.717, 1.165) is 43.3 Å². The molecule has 2 unspecified atom stereocenters. The number of benzene rings is 1. The third kappa shape index (κ3) is 6.34. The molecule has 0 radical (unpaired) electrons. The molecule has 0 aliphatic carbocycles. The van der Waals surface area contributed by atoms with Crippen LogP contribution in [0.25, 0.3) is 0 Å². The lowest BCUT2D eigenvalue weighted by Gasteiger charge is -2.39. The highest BCUT2D eigenvalue weighted by molar-refractivity contribution is 7.99. The largest absolute Gasteiger partial charge is 0.473 e. The Bertz CT molecular complexity index is 1110. The highest BCUT2D eigenvalue weighted by Gasteiger charge is 2.40. The minimum absolute atomic E-state index is 0.0451. The predicted octanol–water partition coefficient (Wildman–Crippen LogP) is 2.30. The highest BCUT2D eigenvalue weighted by atomic mass is 32.2. The van der Waals surface area contributed by atoms with Crippen molar-refractivity contribution in [2.45, 2.75) is 69.0 Å². The Balaban J connectivity index is 0.000000455. The number of hydrogen-bond donors (Lipinski definition) is 2. The first-order valence-electron chi connectivity index (χ1n) is 12.2. The number of piperidine rings is 1. The second kappa shape index (κ2) is 12.0. The van der Waals surface area contributed by atoms with Crippen LogP contribution in [0.1, 0.15) is 37.7 Å². The number of nitrogens with zero attached hydrogens (tertiary/aromatic N) is 4. The molecular weight excluding hydrogens is 491 g/mol. The Morgan fingerprint density at radius 1 is 1.11 bits per heavy atom. The first-order chi connectivity index (χ1) is 17.3. The van der Waals surface area contributed by atoms with Crippen molar-refractivity contribution < 1.29 is 28.9 Å². The maximum absolute atomic E-state index is 13.7. The predicted molar refractivity (Wildman–Crippen MR) is 129 cm³/mol. The van der Waals surface area contributed by atoms with Gasteiger partial charge in [-0.3, -0.25) is 9.47 Å². The number of carbonyl (C=O) groups is 2. The maximum atomic E-state index is 13.7. The third-order valence-corrected chi connectivity index (χ3v) is 7.90. The van der Waals surface area contributed by atoms with E-state index in [0.29, 0.717) is 43.3 Å². The number of carboxylic acid groups (broad SMARTS) is 2. The Labute approximate surface area is 212 Å². The Hall–Kier alpha value is -2.70. The zero-order valence-corrected chi connectivity index (χ0v) is 20.7. The first-order valence-corrected chi connectivity index (χ1v) is 13.2. The van der Waals surface area contributed by atoms with Gasteiger partial charge in [0.2, 0.25) is 0 Å². The van der Waals surface area contributed by atoms with Crippen LogP contribution in [-0.2, 0) is 34.0 Å². The lowest BCUT2D eigenvalue weighted by molar-refractivity contribution is -0.159. The molecular formula is C24H31FN4O6S. The second-order valence-electron chi connectivity index (χ2n) is 9.32. The summed E-state index contributed by atoms with van der Waals surface area (Å²) in [6.45, 7) is 3.58. The third-order valence-electron chi connectivity index (χ3n) is 6.96. The van der Waals surface area contributed by atoms with Gasteiger partial charge < -0.3 is 14.9 Å². The van der Waals surface area contributed by atoms with Crippen LogP contribution in [0.3, 0.4) is 0 Å². The molecule has 196 valence electrons. The molecule has 2 fully saturated rings. The van der Waals surface area contributed by atoms with Crippen LogP contribution in [-0.4, -0.2) is 72.4 Å². The number of thioether (sulfide) groups is 1. The van der Waals surface area contributed by atoms with Crippen molar-refractivity contribution in [3.05, 3.63) is 46.1 Å². The average Bonchev–Trinajstić information content (AvgIpc) is 3.49. The van der Waals surface area contributed by atoms with E-state index in [1.807, 2.05) is 6.07 Å². The van der Waals surface area contributed by atoms with Gasteiger partial charge in [-0.1, -0.05) is 30.0 Å². The molecule has 5 rings (SSSR count). The summed E-state index contributed by atoms with van der Waals surface area (Å²) in [5, 5.41) is 20.1. The number of rotatable bonds is 8. The van der Waals surface area contributed by atoms with Crippen molar-refractivity contribution in [1.82, 2.24) is 19.2 Å². The van der Waals surface area contributed by atoms with Crippen molar-refractivity contribution in [2.75, 3.05) is 18.9 Å². The van der Waals surface area contributed by atoms with Crippen molar-refractivity contribution in [3.63, 3.8) is 0 Å². The van der Waals surface area contributed by atoms with Crippen LogP contribution in [0.4, 0.5) is 4.39 Å². The van der Waals surface area contributed by atoms with E-state index in [-0.39, 0.29) is 11.5 Å². The summed E-state index contributed by atoms with van der Waals surface area (Å²) in [7, 11) is 0. The van der Waals surface area contributed by atoms with E-state index in [2.05, 4.69) is 10.00 Å². The zero-order chi connectivity index (χ0) is 25.7. The standard InChI is InChI=1S/C22H29FN4O2S.C2H2O4/c23-20-5-2-1-4-17(20)15-29-14-16-12-18-6-7-19(13-16)25(18)8-3-9-27-22(28)26-10-11-30-21(26)24-27;3-1(4)2(5)6/h1-2,4-5,16,18-19H,3,6-15H2;(H,3,4)(H,5,6). The van der Waals surface area contributed by atoms with Gasteiger partial charge >= 0.3 is 17.6 Å². The molecule has 1 aromatic carbocycles. The molecule has 2 atom stereocenters. The fourth-order valence-corrected chi connectivity index (χ4v) is 6.27. The lowest BCUT2D eigenvalue weighted by atomic mass is 9.91. The number of halogens is 1. The van der Waals surface area contributed by atoms with Crippen molar-refractivity contribution in [3.8, 4) is 0 Å². The Kier molecular flexibility index (Phi) is 8.81. The molecule has 2 aromatic rings. The summed E-state index contributed by atoms with van der Waals surface area (Å²) < 4.78 is 23.0. The summed E-state index contributed by atoms with van der Waals surface area (Å²) >= 11 is 1.67. The Morgan fingerprint density at radius 3 is 2.44 bits per heavy atom. The molecule has 2 saturated heterocycles. The molecule has 36 heavy (non-hydrogen) atoms. The number of carboxylic acids is 2. The summed E-state index contributed by atoms with van der Waals surface area (Å²) in [5.74, 6) is -2.32. The molecule has 0 amide bonds. The number of ether oxygens (including phenoxy) is 1. The zero-order valence-electron chi connectivity index (χ0n) is 19.9. The monoisotopic (exact) mass is 522 g/mol. The van der Waals surface area contributed by atoms with E-state index in [1.54, 1.807) is 33.1 Å². The van der Waals surface area contributed by atoms with Crippen LogP contribution in [0.2, 0.25) is 0 Å². The fraction of sp³-hybridized carbons (Fsp3) is 0.583. The normalized spacial score (nSPS) is 22.6. The van der Waals surface area contributed by atoms with Crippen LogP contribution in [0.15, 0.2) is 34.2 Å². The van der Waals surface area contributed by atoms with Gasteiger partial charge in [0.1, 0.15) is 5.82 Å². The quantitative estimate of drug-likeness (QED) is 0.502. The topological polar surface area (TPSA) is 127 Å². The molecule has 4 heterocycles. The van der Waals surface area contributed by atoms with Crippen molar-refractivity contribution in [1.29, 1.82) is 0 Å². The molecule has 10 nitrogen and oxygen atoms in total. The highest BCUT2D eigenvalue weighted by Crippen LogP contribution is 2.38. The fourth-order valence-electron chi connectivity index (χ4n) is 5.34. The van der Waals surface area contributed by atoms with Crippen molar-refractivity contribution in [2.24, 2.45) is 5.92 Å². The summed E-state index contributed by atoms with van der Waals surface area (Å²) in [6.07, 6.45) is 5.78. The number of aryl methyl sites for hydroxylation is 1. The van der Waals surface area contributed by atoms with E-state index < -0.39 is 11.9 Å². The molecule has 0 spiro atoms. The van der Waals surface area contributed by atoms with Crippen LogP contribution in [0, 0.1) is 11.7 Å². The molecule has 0 saturated carbocycles. The minimum Gasteiger partial charge on any atom is -0.473 e. The van der Waals surface area contributed by atoms with Gasteiger partial charge in [0, 0.05) is 49.6 Å². The van der Waals surface area contributed by atoms with Gasteiger partial charge in [0.15, 0.2) is 5.16 Å². The van der Waals surface area contributed by atoms with E-state index >= 15 is 0 Å². The van der Waals surface area contributed by atoms with E-state index in [1.165, 1.54) is 18.9 Å². The van der Waals surface area contributed by atoms with Gasteiger partial charge in [0.25, 0.3) is 0 Å². The van der Waals surface area contributed by atoms with E-state index in [4.69, 9.17) is 24.5 Å². The molecule has 3 aliphatic rings. The van der Waals surface area contributed by atoms with Gasteiger partial charge in [-0.2, -0.15) is 0 Å². The van der Waals surface area contributed by atoms with Gasteiger partial charge in [0.05, 0.1) is 6.61 Å². The van der Waals surface area contributed by atoms with Crippen LogP contribution < -0.4 is 5.69 Å². The smallest absolute Gasteiger partial charge is 0.414 e. The SMILES string of the molecule is O=C(O)C(=O)O.O=c1n(CCCN2C3CCC2CC(COCc2ccccc2F)C3)nc2n1CCS2. The molecule has 2 N–H and O–H groups in total. The number of aliphatic carboxylic acids is 2. The molecule has 1 aromatic heterocycles. The van der Waals surface area contributed by atoms with Crippen LogP contribution >= 0.6 is 11.8 Å². The lowest BCUT2D eigenvalue weighted by Crippen LogP contribution is -2.44. The molecule has 3 aliphatic heterocycles. The summed E-state index contributed by atoms with van der Waals surface area (Å²) in [5.41, 5.74) is 0.681. The van der Waals surface area contributed by atoms with E-state index in [9.17, 15) is 9.18 Å². The summed E-state index contributed by atoms with van der Waals surface area (Å²) in [6, 6.07) is 8.07. The van der Waals surface area contributed by atoms with Gasteiger partial charge in [-0.15, -0.1) is 5.10 Å². The van der Waals surface area contributed by atoms with Gasteiger partial charge in [-0.25, -0.2) is 23.5 Å². The number of fused-ring (bicyclic) bond motifs is 3. The van der Waals surface area contributed by atoms with Crippen LogP contribution in [0.5, 0.6) is 0 Å².